The summed E-state index contributed by atoms with van der Waals surface area (Å²) in [5.41, 5.74) is 0.538. The lowest BCUT2D eigenvalue weighted by atomic mass is 10.2. The Bertz CT molecular complexity index is 590. The maximum atomic E-state index is 12.0. The summed E-state index contributed by atoms with van der Waals surface area (Å²) < 4.78 is 5.10. The predicted octanol–water partition coefficient (Wildman–Crippen LogP) is 4.00. The molecule has 1 atom stereocenters. The van der Waals surface area contributed by atoms with Crippen molar-refractivity contribution in [2.45, 2.75) is 44.8 Å². The van der Waals surface area contributed by atoms with Crippen molar-refractivity contribution in [1.29, 1.82) is 0 Å². The summed E-state index contributed by atoms with van der Waals surface area (Å²) in [6.07, 6.45) is 6.07. The second-order valence-electron chi connectivity index (χ2n) is 5.54. The Hall–Kier alpha value is -1.52. The normalized spacial score (nSPS) is 16.5. The van der Waals surface area contributed by atoms with Gasteiger partial charge in [-0.3, -0.25) is 4.79 Å². The molecule has 1 aromatic rings. The SMILES string of the molecule is CC(OC(=O)/C=C/c1c(Cl)cccc1Cl)C(=O)NC1CCCC1. The van der Waals surface area contributed by atoms with E-state index in [1.807, 2.05) is 0 Å². The van der Waals surface area contributed by atoms with E-state index >= 15 is 0 Å². The van der Waals surface area contributed by atoms with Crippen molar-refractivity contribution in [2.24, 2.45) is 0 Å². The molecule has 2 rings (SSSR count). The van der Waals surface area contributed by atoms with E-state index in [-0.39, 0.29) is 11.9 Å². The van der Waals surface area contributed by atoms with Gasteiger partial charge >= 0.3 is 5.97 Å². The van der Waals surface area contributed by atoms with Gasteiger partial charge in [0.15, 0.2) is 6.10 Å². The van der Waals surface area contributed by atoms with E-state index in [1.54, 1.807) is 25.1 Å². The molecule has 1 N–H and O–H groups in total. The molecule has 6 heteroatoms. The molecule has 0 aromatic heterocycles. The fourth-order valence-electron chi connectivity index (χ4n) is 2.48. The molecule has 1 fully saturated rings. The molecule has 0 spiro atoms. The van der Waals surface area contributed by atoms with Crippen LogP contribution in [0, 0.1) is 0 Å². The fourth-order valence-corrected chi connectivity index (χ4v) is 3.00. The maximum absolute atomic E-state index is 12.0. The molecule has 1 amide bonds. The maximum Gasteiger partial charge on any atom is 0.331 e. The summed E-state index contributed by atoms with van der Waals surface area (Å²) in [4.78, 5) is 23.8. The smallest absolute Gasteiger partial charge is 0.331 e. The third-order valence-electron chi connectivity index (χ3n) is 3.75. The highest BCUT2D eigenvalue weighted by molar-refractivity contribution is 6.37. The minimum absolute atomic E-state index is 0.195. The number of amides is 1. The molecule has 0 aliphatic heterocycles. The first kappa shape index (κ1) is 17.8. The number of nitrogens with one attached hydrogen (secondary N) is 1. The van der Waals surface area contributed by atoms with Crippen molar-refractivity contribution in [3.8, 4) is 0 Å². The number of carbonyl (C=O) groups is 2. The van der Waals surface area contributed by atoms with Gasteiger partial charge in [0.25, 0.3) is 5.91 Å². The number of halogens is 2. The summed E-state index contributed by atoms with van der Waals surface area (Å²) in [6, 6.07) is 5.27. The van der Waals surface area contributed by atoms with Crippen LogP contribution in [0.25, 0.3) is 6.08 Å². The molecule has 0 saturated heterocycles. The minimum atomic E-state index is -0.838. The number of esters is 1. The van der Waals surface area contributed by atoms with Gasteiger partial charge in [0.1, 0.15) is 0 Å². The van der Waals surface area contributed by atoms with Crippen LogP contribution in [-0.4, -0.2) is 24.0 Å². The highest BCUT2D eigenvalue weighted by atomic mass is 35.5. The van der Waals surface area contributed by atoms with Crippen LogP contribution in [0.4, 0.5) is 0 Å². The third-order valence-corrected chi connectivity index (χ3v) is 4.41. The average Bonchev–Trinajstić information content (AvgIpc) is 2.99. The van der Waals surface area contributed by atoms with Crippen molar-refractivity contribution in [3.05, 3.63) is 39.9 Å². The first-order valence-corrected chi connectivity index (χ1v) is 8.36. The van der Waals surface area contributed by atoms with Gasteiger partial charge in [-0.2, -0.15) is 0 Å². The number of ether oxygens (including phenoxy) is 1. The standard InChI is InChI=1S/C17H19Cl2NO3/c1-11(17(22)20-12-5-2-3-6-12)23-16(21)10-9-13-14(18)7-4-8-15(13)19/h4,7-12H,2-3,5-6H2,1H3,(H,20,22)/b10-9+. The van der Waals surface area contributed by atoms with Crippen molar-refractivity contribution in [2.75, 3.05) is 0 Å². The lowest BCUT2D eigenvalue weighted by Gasteiger charge is -2.16. The fraction of sp³-hybridized carbons (Fsp3) is 0.412. The van der Waals surface area contributed by atoms with Gasteiger partial charge in [-0.25, -0.2) is 4.79 Å². The Balaban J connectivity index is 1.88. The number of carbonyl (C=O) groups excluding carboxylic acids is 2. The van der Waals surface area contributed by atoms with Crippen LogP contribution in [0.15, 0.2) is 24.3 Å². The molecule has 4 nitrogen and oxygen atoms in total. The van der Waals surface area contributed by atoms with Crippen molar-refractivity contribution >= 4 is 41.2 Å². The zero-order valence-corrected chi connectivity index (χ0v) is 14.4. The van der Waals surface area contributed by atoms with Gasteiger partial charge in [0.05, 0.1) is 0 Å². The molecular weight excluding hydrogens is 337 g/mol. The number of hydrogen-bond acceptors (Lipinski definition) is 3. The van der Waals surface area contributed by atoms with Gasteiger partial charge in [0, 0.05) is 27.7 Å². The quantitative estimate of drug-likeness (QED) is 0.641. The molecule has 1 aliphatic carbocycles. The summed E-state index contributed by atoms with van der Waals surface area (Å²) in [7, 11) is 0. The highest BCUT2D eigenvalue weighted by Gasteiger charge is 2.22. The zero-order valence-electron chi connectivity index (χ0n) is 12.9. The lowest BCUT2D eigenvalue weighted by molar-refractivity contribution is -0.150. The van der Waals surface area contributed by atoms with Gasteiger partial charge in [-0.15, -0.1) is 0 Å². The molecule has 1 saturated carbocycles. The van der Waals surface area contributed by atoms with Crippen LogP contribution >= 0.6 is 23.2 Å². The van der Waals surface area contributed by atoms with E-state index in [0.717, 1.165) is 25.7 Å². The number of rotatable bonds is 5. The molecular formula is C17H19Cl2NO3. The lowest BCUT2D eigenvalue weighted by Crippen LogP contribution is -2.40. The van der Waals surface area contributed by atoms with E-state index in [1.165, 1.54) is 12.2 Å². The number of hydrogen-bond donors (Lipinski definition) is 1. The molecule has 124 valence electrons. The second kappa shape index (κ2) is 8.37. The Kier molecular flexibility index (Phi) is 6.48. The van der Waals surface area contributed by atoms with Gasteiger partial charge in [-0.1, -0.05) is 42.1 Å². The van der Waals surface area contributed by atoms with E-state index in [2.05, 4.69) is 5.32 Å². The summed E-state index contributed by atoms with van der Waals surface area (Å²) in [6.45, 7) is 1.55. The van der Waals surface area contributed by atoms with Crippen molar-refractivity contribution in [3.63, 3.8) is 0 Å². The van der Waals surface area contributed by atoms with Crippen molar-refractivity contribution in [1.82, 2.24) is 5.32 Å². The summed E-state index contributed by atoms with van der Waals surface area (Å²) in [5, 5.41) is 3.77. The average molecular weight is 356 g/mol. The molecule has 0 bridgehead atoms. The number of benzene rings is 1. The van der Waals surface area contributed by atoms with Gasteiger partial charge in [0.2, 0.25) is 0 Å². The Morgan fingerprint density at radius 3 is 2.48 bits per heavy atom. The first-order valence-electron chi connectivity index (χ1n) is 7.60. The first-order chi connectivity index (χ1) is 11.0. The van der Waals surface area contributed by atoms with Crippen LogP contribution < -0.4 is 5.32 Å². The monoisotopic (exact) mass is 355 g/mol. The van der Waals surface area contributed by atoms with Crippen LogP contribution in [0.2, 0.25) is 10.0 Å². The van der Waals surface area contributed by atoms with Crippen molar-refractivity contribution < 1.29 is 14.3 Å². The molecule has 23 heavy (non-hydrogen) atoms. The predicted molar refractivity (Wildman–Crippen MR) is 91.4 cm³/mol. The van der Waals surface area contributed by atoms with Gasteiger partial charge < -0.3 is 10.1 Å². The van der Waals surface area contributed by atoms with Gasteiger partial charge in [-0.05, 0) is 38.0 Å². The highest BCUT2D eigenvalue weighted by Crippen LogP contribution is 2.25. The van der Waals surface area contributed by atoms with E-state index in [0.29, 0.717) is 15.6 Å². The summed E-state index contributed by atoms with van der Waals surface area (Å²) >= 11 is 12.0. The molecule has 1 aromatic carbocycles. The summed E-state index contributed by atoms with van der Waals surface area (Å²) in [5.74, 6) is -0.885. The van der Waals surface area contributed by atoms with E-state index < -0.39 is 12.1 Å². The Labute approximate surface area is 145 Å². The molecule has 1 unspecified atom stereocenters. The second-order valence-corrected chi connectivity index (χ2v) is 6.35. The van der Waals surface area contributed by atoms with Crippen LogP contribution in [-0.2, 0) is 14.3 Å². The van der Waals surface area contributed by atoms with Crippen LogP contribution in [0.1, 0.15) is 38.2 Å². The Morgan fingerprint density at radius 2 is 1.87 bits per heavy atom. The Morgan fingerprint density at radius 1 is 1.26 bits per heavy atom. The van der Waals surface area contributed by atoms with Crippen LogP contribution in [0.3, 0.4) is 0 Å². The minimum Gasteiger partial charge on any atom is -0.449 e. The molecule has 1 aliphatic rings. The van der Waals surface area contributed by atoms with Crippen LogP contribution in [0.5, 0.6) is 0 Å². The zero-order chi connectivity index (χ0) is 16.8. The van der Waals surface area contributed by atoms with E-state index in [4.69, 9.17) is 27.9 Å². The molecule has 0 heterocycles. The third kappa shape index (κ3) is 5.26. The van der Waals surface area contributed by atoms with E-state index in [9.17, 15) is 9.59 Å². The largest absolute Gasteiger partial charge is 0.449 e. The molecule has 0 radical (unpaired) electrons. The topological polar surface area (TPSA) is 55.4 Å².